The van der Waals surface area contributed by atoms with Crippen LogP contribution in [0.1, 0.15) is 12.6 Å². The SMILES string of the molecule is COc1cccc2c(NCCNC(C)=O)cc(C)nc12. The van der Waals surface area contributed by atoms with Crippen molar-refractivity contribution in [2.45, 2.75) is 13.8 Å². The molecule has 0 aliphatic rings. The molecular formula is C15H19N3O2. The number of amides is 1. The van der Waals surface area contributed by atoms with Crippen LogP contribution in [0, 0.1) is 6.92 Å². The molecule has 0 saturated carbocycles. The third-order valence-electron chi connectivity index (χ3n) is 2.96. The molecule has 20 heavy (non-hydrogen) atoms. The summed E-state index contributed by atoms with van der Waals surface area (Å²) in [6.45, 7) is 4.71. The Balaban J connectivity index is 2.26. The molecule has 1 heterocycles. The van der Waals surface area contributed by atoms with Crippen molar-refractivity contribution in [3.05, 3.63) is 30.0 Å². The highest BCUT2D eigenvalue weighted by Crippen LogP contribution is 2.29. The molecule has 0 fully saturated rings. The molecule has 0 aliphatic carbocycles. The van der Waals surface area contributed by atoms with Gasteiger partial charge in [0.1, 0.15) is 11.3 Å². The van der Waals surface area contributed by atoms with Gasteiger partial charge < -0.3 is 15.4 Å². The smallest absolute Gasteiger partial charge is 0.216 e. The van der Waals surface area contributed by atoms with Crippen molar-refractivity contribution >= 4 is 22.5 Å². The molecule has 2 rings (SSSR count). The Hall–Kier alpha value is -2.30. The lowest BCUT2D eigenvalue weighted by molar-refractivity contribution is -0.118. The highest BCUT2D eigenvalue weighted by atomic mass is 16.5. The Kier molecular flexibility index (Phi) is 4.40. The Morgan fingerprint density at radius 3 is 2.85 bits per heavy atom. The van der Waals surface area contributed by atoms with E-state index in [0.29, 0.717) is 13.1 Å². The maximum Gasteiger partial charge on any atom is 0.216 e. The van der Waals surface area contributed by atoms with E-state index in [4.69, 9.17) is 4.74 Å². The van der Waals surface area contributed by atoms with Crippen molar-refractivity contribution < 1.29 is 9.53 Å². The second kappa shape index (κ2) is 6.23. The lowest BCUT2D eigenvalue weighted by Crippen LogP contribution is -2.26. The minimum absolute atomic E-state index is 0.0239. The van der Waals surface area contributed by atoms with E-state index >= 15 is 0 Å². The average Bonchev–Trinajstić information content (AvgIpc) is 2.42. The molecular weight excluding hydrogens is 254 g/mol. The molecule has 2 N–H and O–H groups in total. The Bertz CT molecular complexity index is 626. The normalized spacial score (nSPS) is 10.3. The first-order valence-corrected chi connectivity index (χ1v) is 6.54. The van der Waals surface area contributed by atoms with Crippen LogP contribution in [-0.2, 0) is 4.79 Å². The van der Waals surface area contributed by atoms with E-state index < -0.39 is 0 Å². The highest BCUT2D eigenvalue weighted by Gasteiger charge is 2.08. The fourth-order valence-electron chi connectivity index (χ4n) is 2.10. The van der Waals surface area contributed by atoms with Crippen LogP contribution >= 0.6 is 0 Å². The minimum Gasteiger partial charge on any atom is -0.494 e. The number of methoxy groups -OCH3 is 1. The molecule has 0 unspecified atom stereocenters. The summed E-state index contributed by atoms with van der Waals surface area (Å²) in [5.41, 5.74) is 2.76. The molecule has 0 saturated heterocycles. The zero-order valence-corrected chi connectivity index (χ0v) is 12.0. The van der Waals surface area contributed by atoms with Gasteiger partial charge in [0.15, 0.2) is 0 Å². The van der Waals surface area contributed by atoms with E-state index in [1.54, 1.807) is 7.11 Å². The molecule has 0 radical (unpaired) electrons. The fourth-order valence-corrected chi connectivity index (χ4v) is 2.10. The number of aryl methyl sites for hydroxylation is 1. The van der Waals surface area contributed by atoms with Crippen LogP contribution in [0.2, 0.25) is 0 Å². The van der Waals surface area contributed by atoms with E-state index in [1.807, 2.05) is 31.2 Å². The van der Waals surface area contributed by atoms with Crippen molar-refractivity contribution in [2.24, 2.45) is 0 Å². The number of hydrogen-bond acceptors (Lipinski definition) is 4. The highest BCUT2D eigenvalue weighted by molar-refractivity contribution is 5.95. The standard InChI is InChI=1S/C15H19N3O2/c1-10-9-13(17-8-7-16-11(2)19)12-5-4-6-14(20-3)15(12)18-10/h4-6,9H,7-8H2,1-3H3,(H,16,19)(H,17,18). The lowest BCUT2D eigenvalue weighted by Gasteiger charge is -2.12. The summed E-state index contributed by atoms with van der Waals surface area (Å²) in [7, 11) is 1.64. The number of hydrogen-bond donors (Lipinski definition) is 2. The summed E-state index contributed by atoms with van der Waals surface area (Å²) >= 11 is 0. The largest absolute Gasteiger partial charge is 0.494 e. The van der Waals surface area contributed by atoms with Gasteiger partial charge in [-0.1, -0.05) is 12.1 Å². The van der Waals surface area contributed by atoms with Gasteiger partial charge in [0.05, 0.1) is 7.11 Å². The molecule has 0 aliphatic heterocycles. The summed E-state index contributed by atoms with van der Waals surface area (Å²) in [6, 6.07) is 7.84. The number of aromatic nitrogens is 1. The van der Waals surface area contributed by atoms with Crippen LogP contribution in [0.25, 0.3) is 10.9 Å². The van der Waals surface area contributed by atoms with Gasteiger partial charge in [0, 0.05) is 36.8 Å². The van der Waals surface area contributed by atoms with E-state index in [9.17, 15) is 4.79 Å². The maximum atomic E-state index is 10.8. The molecule has 106 valence electrons. The summed E-state index contributed by atoms with van der Waals surface area (Å²) in [6.07, 6.45) is 0. The first-order chi connectivity index (χ1) is 9.61. The van der Waals surface area contributed by atoms with Gasteiger partial charge in [-0.15, -0.1) is 0 Å². The van der Waals surface area contributed by atoms with Gasteiger partial charge in [-0.05, 0) is 19.1 Å². The molecule has 5 nitrogen and oxygen atoms in total. The zero-order valence-electron chi connectivity index (χ0n) is 12.0. The van der Waals surface area contributed by atoms with Crippen LogP contribution in [0.4, 0.5) is 5.69 Å². The first kappa shape index (κ1) is 14.1. The van der Waals surface area contributed by atoms with E-state index in [2.05, 4.69) is 15.6 Å². The third-order valence-corrected chi connectivity index (χ3v) is 2.96. The van der Waals surface area contributed by atoms with Crippen LogP contribution in [0.5, 0.6) is 5.75 Å². The van der Waals surface area contributed by atoms with Crippen LogP contribution in [0.3, 0.4) is 0 Å². The van der Waals surface area contributed by atoms with Gasteiger partial charge in [-0.2, -0.15) is 0 Å². The predicted molar refractivity (Wildman–Crippen MR) is 80.2 cm³/mol. The zero-order chi connectivity index (χ0) is 14.5. The number of fused-ring (bicyclic) bond motifs is 1. The molecule has 1 aromatic carbocycles. The number of carbonyl (C=O) groups is 1. The minimum atomic E-state index is -0.0239. The van der Waals surface area contributed by atoms with E-state index in [0.717, 1.165) is 28.0 Å². The van der Waals surface area contributed by atoms with Crippen LogP contribution in [0.15, 0.2) is 24.3 Å². The number of nitrogens with one attached hydrogen (secondary N) is 2. The van der Waals surface area contributed by atoms with Gasteiger partial charge in [0.2, 0.25) is 5.91 Å². The van der Waals surface area contributed by atoms with Gasteiger partial charge in [0.25, 0.3) is 0 Å². The molecule has 5 heteroatoms. The second-order valence-corrected chi connectivity index (χ2v) is 4.58. The van der Waals surface area contributed by atoms with E-state index in [1.165, 1.54) is 6.92 Å². The lowest BCUT2D eigenvalue weighted by atomic mass is 10.1. The van der Waals surface area contributed by atoms with Crippen molar-refractivity contribution in [1.82, 2.24) is 10.3 Å². The van der Waals surface area contributed by atoms with Crippen LogP contribution < -0.4 is 15.4 Å². The van der Waals surface area contributed by atoms with Crippen molar-refractivity contribution in [1.29, 1.82) is 0 Å². The number of anilines is 1. The Morgan fingerprint density at radius 2 is 2.15 bits per heavy atom. The Morgan fingerprint density at radius 1 is 1.35 bits per heavy atom. The van der Waals surface area contributed by atoms with Gasteiger partial charge >= 0.3 is 0 Å². The molecule has 2 aromatic rings. The average molecular weight is 273 g/mol. The quantitative estimate of drug-likeness (QED) is 0.819. The summed E-state index contributed by atoms with van der Waals surface area (Å²) in [4.78, 5) is 15.4. The number of para-hydroxylation sites is 1. The summed E-state index contributed by atoms with van der Waals surface area (Å²) in [5.74, 6) is 0.736. The fraction of sp³-hybridized carbons (Fsp3) is 0.333. The first-order valence-electron chi connectivity index (χ1n) is 6.54. The number of carbonyl (C=O) groups excluding carboxylic acids is 1. The van der Waals surface area contributed by atoms with Crippen molar-refractivity contribution in [3.8, 4) is 5.75 Å². The number of nitrogens with zero attached hydrogens (tertiary/aromatic N) is 1. The number of pyridine rings is 1. The number of benzene rings is 1. The third kappa shape index (κ3) is 3.17. The van der Waals surface area contributed by atoms with E-state index in [-0.39, 0.29) is 5.91 Å². The Labute approximate surface area is 118 Å². The number of ether oxygens (including phenoxy) is 1. The summed E-state index contributed by atoms with van der Waals surface area (Å²) in [5, 5.41) is 7.10. The van der Waals surface area contributed by atoms with Crippen LogP contribution in [-0.4, -0.2) is 31.1 Å². The monoisotopic (exact) mass is 273 g/mol. The second-order valence-electron chi connectivity index (χ2n) is 4.58. The molecule has 0 spiro atoms. The molecule has 0 bridgehead atoms. The molecule has 1 aromatic heterocycles. The molecule has 0 atom stereocenters. The number of rotatable bonds is 5. The maximum absolute atomic E-state index is 10.8. The van der Waals surface area contributed by atoms with Gasteiger partial charge in [-0.3, -0.25) is 4.79 Å². The summed E-state index contributed by atoms with van der Waals surface area (Å²) < 4.78 is 5.35. The van der Waals surface area contributed by atoms with Gasteiger partial charge in [-0.25, -0.2) is 4.98 Å². The topological polar surface area (TPSA) is 63.2 Å². The molecule has 1 amide bonds. The van der Waals surface area contributed by atoms with Crippen molar-refractivity contribution in [2.75, 3.05) is 25.5 Å². The van der Waals surface area contributed by atoms with Crippen molar-refractivity contribution in [3.63, 3.8) is 0 Å². The predicted octanol–water partition coefficient (Wildman–Crippen LogP) is 2.10.